The minimum absolute atomic E-state index is 0.157. The van der Waals surface area contributed by atoms with Crippen LogP contribution in [0.15, 0.2) is 65.8 Å². The van der Waals surface area contributed by atoms with Gasteiger partial charge in [-0.2, -0.15) is 0 Å². The van der Waals surface area contributed by atoms with Crippen LogP contribution < -0.4 is 4.52 Å². The topological polar surface area (TPSA) is 122 Å². The highest BCUT2D eigenvalue weighted by molar-refractivity contribution is 7.48. The Bertz CT molecular complexity index is 1730. The van der Waals surface area contributed by atoms with E-state index in [2.05, 4.69) is 23.6 Å². The van der Waals surface area contributed by atoms with Gasteiger partial charge in [0.2, 0.25) is 5.78 Å². The molecule has 4 rings (SSSR count). The molecule has 11 heteroatoms. The highest BCUT2D eigenvalue weighted by Gasteiger charge is 2.27. The van der Waals surface area contributed by atoms with E-state index >= 15 is 0 Å². The molecule has 0 saturated carbocycles. The highest BCUT2D eigenvalue weighted by atomic mass is 31.2. The SMILES string of the molecule is CC=O.CCCCCC/C(=N/OC)C(=O)c1ccc2c(c1)c1cc(C(=O)c3ccc(OP(=O)(OCC)OCC)cc3)ccc1n2CC. The van der Waals surface area contributed by atoms with Gasteiger partial charge in [-0.25, -0.2) is 4.57 Å². The van der Waals surface area contributed by atoms with Gasteiger partial charge in [-0.3, -0.25) is 18.6 Å². The Balaban J connectivity index is 0.00000192. The van der Waals surface area contributed by atoms with E-state index in [1.165, 1.54) is 14.0 Å². The van der Waals surface area contributed by atoms with Crippen molar-refractivity contribution in [3.05, 3.63) is 77.4 Å². The number of carbonyl (C=O) groups excluding carboxylic acids is 3. The normalized spacial score (nSPS) is 11.7. The van der Waals surface area contributed by atoms with Gasteiger partial charge in [0, 0.05) is 45.0 Å². The summed E-state index contributed by atoms with van der Waals surface area (Å²) in [6, 6.07) is 17.7. The molecule has 0 amide bonds. The van der Waals surface area contributed by atoms with Gasteiger partial charge in [-0.15, -0.1) is 0 Å². The van der Waals surface area contributed by atoms with Gasteiger partial charge in [-0.1, -0.05) is 31.3 Å². The number of hydrogen-bond acceptors (Lipinski definition) is 9. The lowest BCUT2D eigenvalue weighted by Gasteiger charge is -2.17. The quantitative estimate of drug-likeness (QED) is 0.0274. The summed E-state index contributed by atoms with van der Waals surface area (Å²) in [5, 5.41) is 5.82. The standard InChI is InChI=1S/C34H41N2O7P.C2H4O/c1-6-10-11-12-13-30(35-40-5)34(38)26-17-21-32-29(23-26)28-22-25(16-20-31(28)36(32)7-2)33(37)24-14-18-27(19-15-24)43-44(39,41-8-3)42-9-4;1-2-3/h14-23H,6-13H2,1-5H3;2H,1H3/b35-30-;. The van der Waals surface area contributed by atoms with Crippen LogP contribution in [0.3, 0.4) is 0 Å². The van der Waals surface area contributed by atoms with E-state index in [9.17, 15) is 14.2 Å². The maximum absolute atomic E-state index is 13.6. The number of rotatable bonds is 17. The molecule has 0 aliphatic carbocycles. The van der Waals surface area contributed by atoms with Gasteiger partial charge in [0.25, 0.3) is 0 Å². The Morgan fingerprint density at radius 2 is 1.36 bits per heavy atom. The fraction of sp³-hybridized carbons (Fsp3) is 0.389. The second-order valence-corrected chi connectivity index (χ2v) is 12.1. The zero-order chi connectivity index (χ0) is 34.4. The van der Waals surface area contributed by atoms with Crippen LogP contribution in [0.25, 0.3) is 21.8 Å². The summed E-state index contributed by atoms with van der Waals surface area (Å²) in [7, 11) is -2.29. The number of Topliss-reactive ketones (excluding diaryl/α,β-unsaturated/α-hetero) is 1. The Labute approximate surface area is 276 Å². The summed E-state index contributed by atoms with van der Waals surface area (Å²) in [5.41, 5.74) is 3.83. The van der Waals surface area contributed by atoms with Gasteiger partial charge < -0.3 is 18.7 Å². The third-order valence-corrected chi connectivity index (χ3v) is 8.93. The first-order valence-corrected chi connectivity index (χ1v) is 17.5. The molecular formula is C36H45N2O8P. The van der Waals surface area contributed by atoms with Crippen molar-refractivity contribution in [2.45, 2.75) is 73.3 Å². The van der Waals surface area contributed by atoms with Gasteiger partial charge in [0.05, 0.1) is 13.2 Å². The number of phosphoric ester groups is 1. The lowest BCUT2D eigenvalue weighted by atomic mass is 9.98. The molecule has 0 aliphatic rings. The zero-order valence-corrected chi connectivity index (χ0v) is 29.0. The molecular weight excluding hydrogens is 619 g/mol. The largest absolute Gasteiger partial charge is 0.530 e. The van der Waals surface area contributed by atoms with E-state index in [1.807, 2.05) is 36.4 Å². The number of oxime groups is 1. The lowest BCUT2D eigenvalue weighted by Crippen LogP contribution is -2.15. The third kappa shape index (κ3) is 9.47. The number of hydrogen-bond donors (Lipinski definition) is 0. The van der Waals surface area contributed by atoms with Gasteiger partial charge in [0.1, 0.15) is 24.9 Å². The predicted molar refractivity (Wildman–Crippen MR) is 186 cm³/mol. The number of fused-ring (bicyclic) bond motifs is 3. The van der Waals surface area contributed by atoms with Crippen molar-refractivity contribution in [2.75, 3.05) is 20.3 Å². The van der Waals surface area contributed by atoms with Gasteiger partial charge >= 0.3 is 7.82 Å². The van der Waals surface area contributed by atoms with Gasteiger partial charge in [0.15, 0.2) is 5.78 Å². The molecule has 1 heterocycles. The number of ketones is 2. The first-order chi connectivity index (χ1) is 22.7. The maximum Gasteiger partial charge on any atom is 0.530 e. The molecule has 0 atom stereocenters. The van der Waals surface area contributed by atoms with E-state index in [1.54, 1.807) is 38.1 Å². The maximum atomic E-state index is 13.6. The first-order valence-electron chi connectivity index (χ1n) is 16.0. The monoisotopic (exact) mass is 664 g/mol. The second-order valence-electron chi connectivity index (χ2n) is 10.5. The van der Waals surface area contributed by atoms with Crippen LogP contribution >= 0.6 is 7.82 Å². The number of benzene rings is 3. The summed E-state index contributed by atoms with van der Waals surface area (Å²) in [6.07, 6.45) is 5.43. The van der Waals surface area contributed by atoms with E-state index in [4.69, 9.17) is 23.2 Å². The number of nitrogens with zero attached hydrogens (tertiary/aromatic N) is 2. The summed E-state index contributed by atoms with van der Waals surface area (Å²) in [5.74, 6) is -0.0647. The molecule has 3 aromatic carbocycles. The molecule has 252 valence electrons. The van der Waals surface area contributed by atoms with Crippen molar-refractivity contribution in [3.8, 4) is 5.75 Å². The average Bonchev–Trinajstić information content (AvgIpc) is 3.38. The predicted octanol–water partition coefficient (Wildman–Crippen LogP) is 8.97. The number of aryl methyl sites for hydroxylation is 1. The van der Waals surface area contributed by atoms with Crippen LogP contribution in [0, 0.1) is 0 Å². The number of aromatic nitrogens is 1. The first kappa shape index (κ1) is 37.3. The minimum Gasteiger partial charge on any atom is -0.404 e. The lowest BCUT2D eigenvalue weighted by molar-refractivity contribution is -0.106. The second kappa shape index (κ2) is 18.3. The summed E-state index contributed by atoms with van der Waals surface area (Å²) < 4.78 is 30.8. The fourth-order valence-electron chi connectivity index (χ4n) is 5.29. The number of phosphoric acid groups is 1. The Hall–Kier alpha value is -4.11. The third-order valence-electron chi connectivity index (χ3n) is 7.34. The molecule has 0 N–H and O–H groups in total. The fourth-order valence-corrected chi connectivity index (χ4v) is 6.49. The zero-order valence-electron chi connectivity index (χ0n) is 28.1. The minimum atomic E-state index is -3.75. The van der Waals surface area contributed by atoms with Crippen molar-refractivity contribution in [1.29, 1.82) is 0 Å². The summed E-state index contributed by atoms with van der Waals surface area (Å²) >= 11 is 0. The molecule has 47 heavy (non-hydrogen) atoms. The number of carbonyl (C=O) groups is 3. The smallest absolute Gasteiger partial charge is 0.404 e. The van der Waals surface area contributed by atoms with E-state index in [0.717, 1.165) is 60.3 Å². The molecule has 10 nitrogen and oxygen atoms in total. The summed E-state index contributed by atoms with van der Waals surface area (Å²) in [4.78, 5) is 40.9. The molecule has 0 aliphatic heterocycles. The van der Waals surface area contributed by atoms with Crippen LogP contribution in [0.2, 0.25) is 0 Å². The molecule has 4 aromatic rings. The van der Waals surface area contributed by atoms with E-state index in [-0.39, 0.29) is 30.5 Å². The number of aldehydes is 1. The summed E-state index contributed by atoms with van der Waals surface area (Å²) in [6.45, 7) is 10.1. The van der Waals surface area contributed by atoms with E-state index < -0.39 is 7.82 Å². The Morgan fingerprint density at radius 3 is 1.89 bits per heavy atom. The molecule has 0 fully saturated rings. The van der Waals surface area contributed by atoms with Crippen LogP contribution in [0.5, 0.6) is 5.75 Å². The van der Waals surface area contributed by atoms with Crippen LogP contribution in [-0.4, -0.2) is 48.5 Å². The van der Waals surface area contributed by atoms with Gasteiger partial charge in [-0.05, 0) is 101 Å². The molecule has 0 unspecified atom stereocenters. The van der Waals surface area contributed by atoms with Crippen LogP contribution in [0.4, 0.5) is 0 Å². The van der Waals surface area contributed by atoms with Crippen LogP contribution in [-0.2, 0) is 29.8 Å². The average molecular weight is 665 g/mol. The molecule has 0 bridgehead atoms. The number of unbranched alkanes of at least 4 members (excludes halogenated alkanes) is 3. The van der Waals surface area contributed by atoms with Crippen molar-refractivity contribution in [3.63, 3.8) is 0 Å². The Kier molecular flexibility index (Phi) is 14.5. The van der Waals surface area contributed by atoms with Crippen molar-refractivity contribution < 1.29 is 37.4 Å². The highest BCUT2D eigenvalue weighted by Crippen LogP contribution is 2.49. The van der Waals surface area contributed by atoms with Crippen molar-refractivity contribution >= 4 is 53.2 Å². The molecule has 0 saturated heterocycles. The Morgan fingerprint density at radius 1 is 0.809 bits per heavy atom. The van der Waals surface area contributed by atoms with Crippen LogP contribution in [0.1, 0.15) is 93.0 Å². The van der Waals surface area contributed by atoms with Crippen molar-refractivity contribution in [2.24, 2.45) is 5.16 Å². The molecule has 1 aromatic heterocycles. The molecule has 0 radical (unpaired) electrons. The van der Waals surface area contributed by atoms with Crippen molar-refractivity contribution in [1.82, 2.24) is 4.57 Å². The molecule has 0 spiro atoms. The van der Waals surface area contributed by atoms with E-state index in [0.29, 0.717) is 28.8 Å².